The zero-order valence-corrected chi connectivity index (χ0v) is 18.4. The number of nitrogens with one attached hydrogen (secondary N) is 2. The first-order chi connectivity index (χ1) is 17.1. The number of pyridine rings is 1. The van der Waals surface area contributed by atoms with Gasteiger partial charge in [0.15, 0.2) is 17.6 Å². The molecule has 0 unspecified atom stereocenters. The number of hydrogen-bond donors (Lipinski definition) is 2. The van der Waals surface area contributed by atoms with E-state index in [1.807, 2.05) is 0 Å². The number of carbonyl (C=O) groups excluding carboxylic acids is 1. The molecule has 1 atom stereocenters. The molecule has 178 valence electrons. The van der Waals surface area contributed by atoms with E-state index in [9.17, 15) is 9.18 Å². The Hall–Kier alpha value is -4.74. The van der Waals surface area contributed by atoms with Crippen molar-refractivity contribution in [1.29, 1.82) is 0 Å². The fraction of sp³-hybridized carbons (Fsp3) is 0.174. The van der Waals surface area contributed by atoms with Crippen molar-refractivity contribution in [3.8, 4) is 28.9 Å². The quantitative estimate of drug-likeness (QED) is 0.391. The summed E-state index contributed by atoms with van der Waals surface area (Å²) in [7, 11) is 0. The van der Waals surface area contributed by atoms with Crippen molar-refractivity contribution in [3.63, 3.8) is 0 Å². The average Bonchev–Trinajstić information content (AvgIpc) is 3.56. The van der Waals surface area contributed by atoms with Crippen LogP contribution in [0.4, 0.5) is 4.39 Å². The van der Waals surface area contributed by atoms with Crippen molar-refractivity contribution in [2.45, 2.75) is 19.6 Å². The Kier molecular flexibility index (Phi) is 6.07. The topological polar surface area (TPSA) is 133 Å². The molecule has 35 heavy (non-hydrogen) atoms. The smallest absolute Gasteiger partial charge is 0.257 e. The number of halogens is 1. The largest absolute Gasteiger partial charge is 0.482 e. The maximum Gasteiger partial charge on any atom is 0.257 e. The van der Waals surface area contributed by atoms with Crippen LogP contribution >= 0.6 is 0 Å². The molecular weight excluding hydrogens is 459 g/mol. The van der Waals surface area contributed by atoms with Gasteiger partial charge in [-0.3, -0.25) is 4.79 Å². The van der Waals surface area contributed by atoms with E-state index in [0.29, 0.717) is 28.8 Å². The summed E-state index contributed by atoms with van der Waals surface area (Å²) in [4.78, 5) is 17.0. The Balaban J connectivity index is 1.23. The number of ether oxygens (including phenoxy) is 4. The molecule has 1 amide bonds. The van der Waals surface area contributed by atoms with Crippen molar-refractivity contribution >= 4 is 5.91 Å². The second-order valence-corrected chi connectivity index (χ2v) is 7.44. The Morgan fingerprint density at radius 3 is 2.86 bits per heavy atom. The molecule has 4 aromatic rings. The van der Waals surface area contributed by atoms with Crippen molar-refractivity contribution in [3.05, 3.63) is 77.5 Å². The van der Waals surface area contributed by atoms with Crippen molar-refractivity contribution < 1.29 is 28.1 Å². The fourth-order valence-corrected chi connectivity index (χ4v) is 3.31. The lowest BCUT2D eigenvalue weighted by atomic mass is 10.2. The number of nitrogens with zero attached hydrogens (tertiary/aromatic N) is 4. The number of H-pyrrole nitrogens is 1. The number of benzene rings is 2. The van der Waals surface area contributed by atoms with Gasteiger partial charge >= 0.3 is 0 Å². The molecular formula is C23H19FN6O5. The zero-order valence-electron chi connectivity index (χ0n) is 18.4. The number of tetrazole rings is 1. The third-order valence-corrected chi connectivity index (χ3v) is 5.08. The van der Waals surface area contributed by atoms with E-state index >= 15 is 0 Å². The number of carbonyl (C=O) groups is 1. The van der Waals surface area contributed by atoms with Gasteiger partial charge in [0.25, 0.3) is 5.91 Å². The summed E-state index contributed by atoms with van der Waals surface area (Å²) in [6, 6.07) is 12.6. The van der Waals surface area contributed by atoms with Crippen LogP contribution in [0, 0.1) is 5.82 Å². The Bertz CT molecular complexity index is 1350. The molecule has 0 saturated heterocycles. The van der Waals surface area contributed by atoms with E-state index in [1.54, 1.807) is 43.3 Å². The SMILES string of the molecule is C[C@@H](Oc1ccc(CNC(=O)c2cccnc2Oc2ccc3c(c2)OCO3)c(F)c1)c1nn[nH]n1. The van der Waals surface area contributed by atoms with Gasteiger partial charge in [-0.25, -0.2) is 9.37 Å². The third kappa shape index (κ3) is 4.95. The predicted molar refractivity (Wildman–Crippen MR) is 118 cm³/mol. The van der Waals surface area contributed by atoms with Gasteiger partial charge in [0, 0.05) is 30.4 Å². The van der Waals surface area contributed by atoms with Crippen LogP contribution in [0.5, 0.6) is 28.9 Å². The Morgan fingerprint density at radius 2 is 2.03 bits per heavy atom. The lowest BCUT2D eigenvalue weighted by Crippen LogP contribution is -2.24. The number of rotatable bonds is 8. The van der Waals surface area contributed by atoms with Crippen LogP contribution in [0.3, 0.4) is 0 Å². The molecule has 0 radical (unpaired) electrons. The van der Waals surface area contributed by atoms with Gasteiger partial charge in [0.2, 0.25) is 18.5 Å². The van der Waals surface area contributed by atoms with Crippen LogP contribution in [-0.4, -0.2) is 38.3 Å². The second-order valence-electron chi connectivity index (χ2n) is 7.44. The van der Waals surface area contributed by atoms with Gasteiger partial charge in [-0.15, -0.1) is 10.2 Å². The first kappa shape index (κ1) is 22.1. The molecule has 0 aliphatic carbocycles. The number of aromatic amines is 1. The van der Waals surface area contributed by atoms with Crippen molar-refractivity contribution in [2.75, 3.05) is 6.79 Å². The number of hydrogen-bond acceptors (Lipinski definition) is 9. The Morgan fingerprint density at radius 1 is 1.17 bits per heavy atom. The predicted octanol–water partition coefficient (Wildman–Crippen LogP) is 3.32. The Labute approximate surface area is 198 Å². The number of amides is 1. The van der Waals surface area contributed by atoms with Gasteiger partial charge in [-0.1, -0.05) is 11.3 Å². The third-order valence-electron chi connectivity index (χ3n) is 5.08. The lowest BCUT2D eigenvalue weighted by molar-refractivity contribution is 0.0947. The average molecular weight is 478 g/mol. The number of fused-ring (bicyclic) bond motifs is 1. The summed E-state index contributed by atoms with van der Waals surface area (Å²) in [5.41, 5.74) is 0.472. The first-order valence-electron chi connectivity index (χ1n) is 10.6. The summed E-state index contributed by atoms with van der Waals surface area (Å²) in [6.07, 6.45) is 0.986. The van der Waals surface area contributed by atoms with Gasteiger partial charge in [-0.2, -0.15) is 5.21 Å². The highest BCUT2D eigenvalue weighted by atomic mass is 19.1. The molecule has 0 saturated carbocycles. The standard InChI is InChI=1S/C23H19FN6O5/c1-13(21-27-29-30-28-21)34-15-5-4-14(18(24)9-15)11-26-22(31)17-3-2-8-25-23(17)35-16-6-7-19-20(10-16)33-12-32-19/h2-10,13H,11-12H2,1H3,(H,26,31)(H,27,28,29,30)/t13-/m1/s1. The molecule has 0 spiro atoms. The van der Waals surface area contributed by atoms with Crippen LogP contribution in [0.2, 0.25) is 0 Å². The van der Waals surface area contributed by atoms with Crippen LogP contribution in [0.25, 0.3) is 0 Å². The molecule has 1 aliphatic rings. The second kappa shape index (κ2) is 9.63. The van der Waals surface area contributed by atoms with E-state index in [1.165, 1.54) is 18.3 Å². The highest BCUT2D eigenvalue weighted by Crippen LogP contribution is 2.36. The van der Waals surface area contributed by atoms with Crippen LogP contribution in [-0.2, 0) is 6.54 Å². The molecule has 2 aromatic heterocycles. The minimum atomic E-state index is -0.536. The van der Waals surface area contributed by atoms with Crippen LogP contribution < -0.4 is 24.3 Å². The minimum absolute atomic E-state index is 0.0519. The highest BCUT2D eigenvalue weighted by Gasteiger charge is 2.18. The summed E-state index contributed by atoms with van der Waals surface area (Å²) < 4.78 is 36.7. The van der Waals surface area contributed by atoms with Gasteiger partial charge in [-0.05, 0) is 37.3 Å². The molecule has 0 fully saturated rings. The molecule has 11 nitrogen and oxygen atoms in total. The van der Waals surface area contributed by atoms with E-state index in [4.69, 9.17) is 18.9 Å². The highest BCUT2D eigenvalue weighted by molar-refractivity contribution is 5.96. The summed E-state index contributed by atoms with van der Waals surface area (Å²) >= 11 is 0. The molecule has 12 heteroatoms. The van der Waals surface area contributed by atoms with Crippen LogP contribution in [0.1, 0.15) is 34.8 Å². The summed E-state index contributed by atoms with van der Waals surface area (Å²) in [5, 5.41) is 16.2. The van der Waals surface area contributed by atoms with Crippen LogP contribution in [0.15, 0.2) is 54.7 Å². The monoisotopic (exact) mass is 478 g/mol. The van der Waals surface area contributed by atoms with Crippen molar-refractivity contribution in [1.82, 2.24) is 30.9 Å². The molecule has 3 heterocycles. The minimum Gasteiger partial charge on any atom is -0.482 e. The van der Waals surface area contributed by atoms with Gasteiger partial charge in [0.1, 0.15) is 22.9 Å². The van der Waals surface area contributed by atoms with E-state index in [2.05, 4.69) is 30.9 Å². The zero-order chi connectivity index (χ0) is 24.2. The van der Waals surface area contributed by atoms with E-state index in [-0.39, 0.29) is 30.3 Å². The molecule has 0 bridgehead atoms. The van der Waals surface area contributed by atoms with E-state index < -0.39 is 17.8 Å². The molecule has 5 rings (SSSR count). The normalized spacial score (nSPS) is 12.7. The van der Waals surface area contributed by atoms with E-state index in [0.717, 1.165) is 0 Å². The number of aromatic nitrogens is 5. The van der Waals surface area contributed by atoms with Gasteiger partial charge < -0.3 is 24.3 Å². The summed E-state index contributed by atoms with van der Waals surface area (Å²) in [6.45, 7) is 1.80. The van der Waals surface area contributed by atoms with Gasteiger partial charge in [0.05, 0.1) is 0 Å². The maximum absolute atomic E-state index is 14.6. The molecule has 2 aromatic carbocycles. The fourth-order valence-electron chi connectivity index (χ4n) is 3.31. The maximum atomic E-state index is 14.6. The van der Waals surface area contributed by atoms with Crippen molar-refractivity contribution in [2.24, 2.45) is 0 Å². The molecule has 2 N–H and O–H groups in total. The lowest BCUT2D eigenvalue weighted by Gasteiger charge is -2.13. The summed E-state index contributed by atoms with van der Waals surface area (Å²) in [5.74, 6) is 1.31. The molecule has 1 aliphatic heterocycles. The first-order valence-corrected chi connectivity index (χ1v) is 10.6.